The van der Waals surface area contributed by atoms with Crippen LogP contribution in [0.2, 0.25) is 18.1 Å². The molecule has 0 aliphatic carbocycles. The number of aromatic amines is 3. The molecule has 12 rings (SSSR count). The van der Waals surface area contributed by atoms with Crippen molar-refractivity contribution in [3.8, 4) is 11.8 Å². The molecule has 10 N–H and O–H groups in total. The third kappa shape index (κ3) is 29.2. The van der Waals surface area contributed by atoms with Crippen molar-refractivity contribution in [1.29, 1.82) is 5.86 Å². The second-order valence-electron chi connectivity index (χ2n) is 26.4. The third-order valence-electron chi connectivity index (χ3n) is 17.7. The molecular formula is C69H109F5IN13O26P3SiU2-. The smallest absolute Gasteiger partial charge is 0.0194 e. The Morgan fingerprint density at radius 3 is 1.54 bits per heavy atom. The van der Waals surface area contributed by atoms with Crippen LogP contribution in [0.3, 0.4) is 0 Å². The van der Waals surface area contributed by atoms with Gasteiger partial charge in [0.15, 0.2) is 60.5 Å². The number of hydrogen-bond donors (Lipinski definition) is 10. The van der Waals surface area contributed by atoms with E-state index in [0.29, 0.717) is 11.7 Å². The molecule has 0 spiro atoms. The predicted molar refractivity (Wildman–Crippen MR) is 435 cm³/mol. The van der Waals surface area contributed by atoms with Crippen LogP contribution in [0.5, 0.6) is 5.75 Å². The van der Waals surface area contributed by atoms with Gasteiger partial charge >= 0.3 is 79.6 Å². The molecule has 7 aromatic heterocycles. The summed E-state index contributed by atoms with van der Waals surface area (Å²) in [5.74, 6) is -0.317. The van der Waals surface area contributed by atoms with Gasteiger partial charge in [-0.1, -0.05) is 71.2 Å². The maximum absolute atomic E-state index is 13.4. The van der Waals surface area contributed by atoms with E-state index in [4.69, 9.17) is 68.6 Å². The SMILES string of the molecule is C.C.CC.CP(=O)(OC[C@H]1O[C@@H](n2cnc3c(=O)[nH]cnc32)[C@H](O)[C@@H]1O)OP(C)(=O)OC[C@H]1O[C@H](Oc2ccc3c(C(F)(F)F)cc(=O)oc3c2)[C@H](O)[C@@H]1O.C[C@H]1[C@@H](O[Si](C)(C)C(C)(C)C)[C@H](n2cnc3c(=O)[nH]cnc32)O[C@@H]1CO[P+](=O)OCCC#N.O=c1[nH]cnc2c1ncn2[C@@H]1O[C@H](CO)[C@@H](O)[C@H]1O.[2H]I(C)CCC.[3H]C.[3H]C.[CH2-]F.[CH2-]F.[U].[U]. The van der Waals surface area contributed by atoms with E-state index in [1.54, 1.807) is 18.9 Å². The van der Waals surface area contributed by atoms with Gasteiger partial charge in [-0.25, -0.2) is 39.0 Å². The van der Waals surface area contributed by atoms with Crippen molar-refractivity contribution in [2.45, 2.75) is 207 Å². The summed E-state index contributed by atoms with van der Waals surface area (Å²) in [6.07, 6.45) is -13.7. The Balaban J connectivity index is 0.00000177. The Morgan fingerprint density at radius 2 is 1.12 bits per heavy atom. The van der Waals surface area contributed by atoms with E-state index in [9.17, 15) is 85.5 Å². The molecule has 39 nitrogen and oxygen atoms in total. The number of nitrogens with zero attached hydrogens (tertiary/aromatic N) is 10. The molecule has 11 heterocycles. The van der Waals surface area contributed by atoms with Gasteiger partial charge in [0, 0.05) is 106 Å². The summed E-state index contributed by atoms with van der Waals surface area (Å²) in [5, 5.41) is 78.8. The molecule has 4 aliphatic rings. The Hall–Kier alpha value is -4.65. The largest absolute Gasteiger partial charge is 0.463 e. The summed E-state index contributed by atoms with van der Waals surface area (Å²) in [6.45, 7) is 19.1. The number of ether oxygens (including phenoxy) is 5. The quantitative estimate of drug-likeness (QED) is 0.00393. The van der Waals surface area contributed by atoms with E-state index in [1.807, 2.05) is 26.8 Å². The van der Waals surface area contributed by atoms with Crippen molar-refractivity contribution in [3.63, 3.8) is 0 Å². The second kappa shape index (κ2) is 51.8. The monoisotopic (exact) mass is 2360 g/mol. The van der Waals surface area contributed by atoms with Crippen LogP contribution in [-0.4, -0.2) is 232 Å². The van der Waals surface area contributed by atoms with Crippen LogP contribution in [0.25, 0.3) is 44.5 Å². The third-order valence-corrected chi connectivity index (χ3v) is 28.7. The van der Waals surface area contributed by atoms with E-state index < -0.39 is 198 Å². The molecule has 19 atom stereocenters. The molecule has 4 aliphatic heterocycles. The second-order valence-corrected chi connectivity index (χ2v) is 39.0. The van der Waals surface area contributed by atoms with Crippen LogP contribution < -0.4 is 27.0 Å². The van der Waals surface area contributed by atoms with Crippen LogP contribution in [0.15, 0.2) is 85.8 Å². The number of alkyl halides is 5. The number of aliphatic hydroxyl groups is 7. The molecule has 0 bridgehead atoms. The van der Waals surface area contributed by atoms with Gasteiger partial charge in [-0.05, 0) is 30.3 Å². The molecule has 0 radical (unpaired) electrons. The average Bonchev–Trinajstić information content (AvgIpc) is 1.60. The Morgan fingerprint density at radius 1 is 0.692 bits per heavy atom. The molecule has 3 unspecified atom stereocenters. The maximum atomic E-state index is 13.4. The molecule has 676 valence electrons. The number of aromatic nitrogens is 12. The zero-order valence-corrected chi connectivity index (χ0v) is 80.7. The molecule has 4 saturated heterocycles. The number of aliphatic hydroxyl groups excluding tert-OH is 7. The average molecular weight is 2360 g/mol. The van der Waals surface area contributed by atoms with E-state index in [2.05, 4.69) is 90.6 Å². The number of fused-ring (bicyclic) bond motifs is 4. The normalized spacial score (nSPS) is 24.9. The molecule has 1 aromatic carbocycles. The predicted octanol–water partition coefficient (Wildman–Crippen LogP) is 9.26. The van der Waals surface area contributed by atoms with Crippen molar-refractivity contribution in [3.05, 3.63) is 124 Å². The first kappa shape index (κ1) is 110. The maximum Gasteiger partial charge on any atom is 0.0194 e. The molecule has 0 saturated carbocycles. The van der Waals surface area contributed by atoms with Crippen molar-refractivity contribution >= 4 is 97.2 Å². The number of imidazole rings is 3. The van der Waals surface area contributed by atoms with Gasteiger partial charge < -0.3 is 101 Å². The summed E-state index contributed by atoms with van der Waals surface area (Å²) >= 11 is -1.06. The zero-order chi connectivity index (χ0) is 90.0. The first-order valence-electron chi connectivity index (χ1n) is 37.0. The summed E-state index contributed by atoms with van der Waals surface area (Å²) in [4.78, 5) is 80.9. The van der Waals surface area contributed by atoms with Gasteiger partial charge in [-0.2, -0.15) is 32.8 Å². The Labute approximate surface area is 751 Å². The molecule has 51 heteroatoms. The molecule has 8 aromatic rings. The van der Waals surface area contributed by atoms with E-state index in [-0.39, 0.29) is 153 Å². The standard InChI is InChI=1S/C27H29F3N4O15P2.C20H30N5O6PSi.C10H12N4O5.C4H11I.C2H6.2CH2F.4CH4.2U/c1-50(41,43-7-15-19(36)21(38)25(47-15)34-10-33-18-23(34)31-9-32-24(18)40)49-51(2,42)44-8-16-20(37)22(39)26(48-16)45-11-3-4-12-13(27(28,29)30)6-17(35)46-14(12)5-11;1-13-14(10-29-32(27)28-9-7-8-21)30-19(16(13)31-33(5,6)20(2,3)4)25-12-24-15-17(25)22-11-23-18(15)26;15-1-4-6(16)7(17)10(19-4)14-3-13-5-8(14)11-2-12-9(5)18;1-3-4-5-2;3*1-2;;;;;;/h3-6,9-10,15-16,19-22,25-26,36-39H,7-8H2,1-2H3,(H,31,32,40);11-14,16,19H,7,9-10H2,1-6H3;2-4,6-7,10,15-17H,1H2,(H,11,12,18);5H,3-4H2,1-2H3;1-2H3;2*1H2;4*1H4;;/q;;;;;2*-1;;;;;;/p+1/t15-,16-,19-,20-,21-,22-,25-,26+,50?,51?;13-,14-,16-,19-;4-,6-,7-,10-;;;;;;;;;;/m111........../s1/i;;;5D;;;;2*1T;;;;. The van der Waals surface area contributed by atoms with Crippen molar-refractivity contribution in [2.24, 2.45) is 5.92 Å². The van der Waals surface area contributed by atoms with Crippen LogP contribution in [0, 0.1) is 93.8 Å². The fraction of sp³-hybridized carbons (Fsp3) is 0.609. The minimum Gasteiger partial charge on any atom is -0.463 e. The van der Waals surface area contributed by atoms with Gasteiger partial charge in [-0.15, -0.1) is 9.05 Å². The minimum atomic E-state index is -4.85. The fourth-order valence-electron chi connectivity index (χ4n) is 11.1. The minimum absolute atomic E-state index is 0. The van der Waals surface area contributed by atoms with Crippen LogP contribution >= 0.6 is 44.5 Å². The first-order valence-corrected chi connectivity index (χ1v) is 46.2. The zero-order valence-electron chi connectivity index (χ0n) is 69.6. The number of benzene rings is 1. The van der Waals surface area contributed by atoms with Gasteiger partial charge in [0.05, 0.1) is 88.0 Å². The molecule has 0 amide bonds. The van der Waals surface area contributed by atoms with Crippen LogP contribution in [0.4, 0.5) is 22.0 Å². The Bertz CT molecular complexity index is 4920. The van der Waals surface area contributed by atoms with Crippen LogP contribution in [0.1, 0.15) is 118 Å². The number of hydrogen-bond acceptors (Lipinski definition) is 33. The van der Waals surface area contributed by atoms with Gasteiger partial charge in [-0.3, -0.25) is 37.2 Å². The molecule has 4 fully saturated rings. The summed E-state index contributed by atoms with van der Waals surface area (Å²) in [5.41, 5.74) is -3.29. The summed E-state index contributed by atoms with van der Waals surface area (Å²) in [7, 11) is -7.07. The number of halogens is 6. The van der Waals surface area contributed by atoms with Gasteiger partial charge in [0.2, 0.25) is 6.29 Å². The van der Waals surface area contributed by atoms with Crippen molar-refractivity contribution in [2.75, 3.05) is 55.7 Å². The first-order chi connectivity index (χ1) is 56.2. The van der Waals surface area contributed by atoms with Gasteiger partial charge in [0.1, 0.15) is 79.5 Å². The van der Waals surface area contributed by atoms with Gasteiger partial charge in [0.25, 0.3) is 16.7 Å². The van der Waals surface area contributed by atoms with Crippen molar-refractivity contribution < 1.29 is 191 Å². The molecular weight excluding hydrogens is 2250 g/mol. The number of rotatable bonds is 24. The molecule has 120 heavy (non-hydrogen) atoms. The summed E-state index contributed by atoms with van der Waals surface area (Å²) in [6, 6.07) is 5.25. The Kier molecular flexibility index (Phi) is 47.3. The van der Waals surface area contributed by atoms with Crippen LogP contribution in [-0.2, 0) is 65.7 Å². The van der Waals surface area contributed by atoms with E-state index in [0.717, 1.165) is 37.9 Å². The van der Waals surface area contributed by atoms with E-state index >= 15 is 0 Å². The van der Waals surface area contributed by atoms with E-state index in [1.165, 1.54) is 66.4 Å². The number of H-pyrrole nitrogens is 3. The topological polar surface area (TPSA) is 539 Å². The van der Waals surface area contributed by atoms with Crippen molar-refractivity contribution in [1.82, 2.24) is 58.6 Å². The number of nitrogens with one attached hydrogen (secondary N) is 3. The number of nitriles is 1. The summed E-state index contributed by atoms with van der Waals surface area (Å²) < 4.78 is 187. The fourth-order valence-corrected chi connectivity index (χ4v) is 17.5.